The smallest absolute Gasteiger partial charge is 0.312 e. The Morgan fingerprint density at radius 1 is 1.09 bits per heavy atom. The summed E-state index contributed by atoms with van der Waals surface area (Å²) in [7, 11) is 1.73. The number of ether oxygens (including phenoxy) is 1. The van der Waals surface area contributed by atoms with Crippen molar-refractivity contribution in [3.8, 4) is 17.1 Å². The van der Waals surface area contributed by atoms with Gasteiger partial charge in [-0.15, -0.1) is 0 Å². The van der Waals surface area contributed by atoms with Crippen LogP contribution in [0.5, 0.6) is 0 Å². The molecule has 0 saturated heterocycles. The van der Waals surface area contributed by atoms with E-state index >= 15 is 0 Å². The van der Waals surface area contributed by atoms with E-state index in [1.54, 1.807) is 30.8 Å². The Bertz CT molecular complexity index is 1370. The van der Waals surface area contributed by atoms with Gasteiger partial charge in [0.1, 0.15) is 12.0 Å². The maximum Gasteiger partial charge on any atom is 0.312 e. The van der Waals surface area contributed by atoms with Crippen LogP contribution in [0, 0.1) is 6.92 Å². The minimum absolute atomic E-state index is 0.128. The molecule has 174 valence electrons. The molecule has 0 aliphatic rings. The van der Waals surface area contributed by atoms with Crippen molar-refractivity contribution in [1.29, 1.82) is 0 Å². The zero-order chi connectivity index (χ0) is 24.2. The molecule has 9 nitrogen and oxygen atoms in total. The summed E-state index contributed by atoms with van der Waals surface area (Å²) in [6.45, 7) is 3.17. The van der Waals surface area contributed by atoms with Crippen molar-refractivity contribution in [3.63, 3.8) is 0 Å². The van der Waals surface area contributed by atoms with Crippen molar-refractivity contribution in [2.75, 3.05) is 5.32 Å². The predicted molar refractivity (Wildman–Crippen MR) is 126 cm³/mol. The van der Waals surface area contributed by atoms with Crippen molar-refractivity contribution in [2.24, 2.45) is 7.05 Å². The number of aromatic nitrogens is 3. The van der Waals surface area contributed by atoms with Gasteiger partial charge in [-0.05, 0) is 38.1 Å². The highest BCUT2D eigenvalue weighted by Crippen LogP contribution is 2.19. The molecule has 1 atom stereocenters. The fourth-order valence-corrected chi connectivity index (χ4v) is 3.48. The van der Waals surface area contributed by atoms with Crippen LogP contribution in [0.4, 0.5) is 5.69 Å². The van der Waals surface area contributed by atoms with Gasteiger partial charge >= 0.3 is 5.97 Å². The minimum atomic E-state index is -1.11. The van der Waals surface area contributed by atoms with Gasteiger partial charge in [-0.1, -0.05) is 36.4 Å². The Morgan fingerprint density at radius 2 is 1.74 bits per heavy atom. The van der Waals surface area contributed by atoms with Crippen LogP contribution in [0.25, 0.3) is 17.1 Å². The van der Waals surface area contributed by atoms with Gasteiger partial charge < -0.3 is 14.5 Å². The molecule has 0 fully saturated rings. The summed E-state index contributed by atoms with van der Waals surface area (Å²) >= 11 is 0. The molecule has 0 bridgehead atoms. The van der Waals surface area contributed by atoms with Crippen molar-refractivity contribution in [2.45, 2.75) is 26.4 Å². The van der Waals surface area contributed by atoms with E-state index < -0.39 is 18.0 Å². The quantitative estimate of drug-likeness (QED) is 0.424. The van der Waals surface area contributed by atoms with Gasteiger partial charge in [-0.25, -0.2) is 9.67 Å². The molecule has 0 radical (unpaired) electrons. The van der Waals surface area contributed by atoms with Crippen LogP contribution in [0.3, 0.4) is 0 Å². The Hall–Kier alpha value is -4.40. The number of hydrogen-bond acceptors (Lipinski definition) is 6. The number of carbonyl (C=O) groups is 2. The van der Waals surface area contributed by atoms with Gasteiger partial charge in [0.05, 0.1) is 23.5 Å². The lowest BCUT2D eigenvalue weighted by atomic mass is 10.2. The molecule has 1 N–H and O–H groups in total. The SMILES string of the molecule is Cc1c(NC(=O)C(C)OC(=O)Cc2coc(-c3ccccc3)n2)c(=O)n(-c2ccccc2)n1C. The first-order valence-corrected chi connectivity index (χ1v) is 10.7. The molecule has 9 heteroatoms. The number of rotatable bonds is 7. The summed E-state index contributed by atoms with van der Waals surface area (Å²) in [5.41, 5.74) is 2.16. The van der Waals surface area contributed by atoms with Gasteiger partial charge in [-0.2, -0.15) is 0 Å². The molecule has 2 aromatic heterocycles. The van der Waals surface area contributed by atoms with Gasteiger partial charge in [0, 0.05) is 12.6 Å². The Morgan fingerprint density at radius 3 is 2.41 bits per heavy atom. The lowest BCUT2D eigenvalue weighted by molar-refractivity contribution is -0.152. The topological polar surface area (TPSA) is 108 Å². The van der Waals surface area contributed by atoms with Crippen LogP contribution in [0.1, 0.15) is 18.3 Å². The van der Waals surface area contributed by atoms with E-state index in [0.29, 0.717) is 23.0 Å². The first kappa shape index (κ1) is 22.8. The highest BCUT2D eigenvalue weighted by molar-refractivity contribution is 5.95. The van der Waals surface area contributed by atoms with E-state index in [9.17, 15) is 14.4 Å². The Balaban J connectivity index is 1.40. The zero-order valence-electron chi connectivity index (χ0n) is 19.0. The number of benzene rings is 2. The molecule has 0 saturated carbocycles. The lowest BCUT2D eigenvalue weighted by Gasteiger charge is -2.12. The standard InChI is InChI=1S/C25H24N4O5/c1-16-22(25(32)29(28(16)3)20-12-8-5-9-13-20)27-23(31)17(2)34-21(30)14-19-15-33-24(26-19)18-10-6-4-7-11-18/h4-13,15,17H,14H2,1-3H3,(H,27,31). The number of carbonyl (C=O) groups excluding carboxylic acids is 2. The lowest BCUT2D eigenvalue weighted by Crippen LogP contribution is -2.32. The molecule has 0 aliphatic carbocycles. The number of esters is 1. The average molecular weight is 460 g/mol. The summed E-state index contributed by atoms with van der Waals surface area (Å²) in [5.74, 6) is -0.852. The second-order valence-electron chi connectivity index (χ2n) is 7.74. The first-order chi connectivity index (χ1) is 16.3. The number of para-hydroxylation sites is 1. The third-order valence-corrected chi connectivity index (χ3v) is 5.38. The van der Waals surface area contributed by atoms with E-state index in [1.807, 2.05) is 48.5 Å². The number of nitrogens with zero attached hydrogens (tertiary/aromatic N) is 3. The monoisotopic (exact) mass is 460 g/mol. The van der Waals surface area contributed by atoms with Crippen LogP contribution < -0.4 is 10.9 Å². The van der Waals surface area contributed by atoms with E-state index in [1.165, 1.54) is 17.9 Å². The van der Waals surface area contributed by atoms with Gasteiger partial charge in [0.2, 0.25) is 5.89 Å². The molecule has 4 aromatic rings. The molecule has 2 heterocycles. The van der Waals surface area contributed by atoms with Crippen LogP contribution >= 0.6 is 0 Å². The summed E-state index contributed by atoms with van der Waals surface area (Å²) in [4.78, 5) is 42.3. The third-order valence-electron chi connectivity index (χ3n) is 5.38. The molecular formula is C25H24N4O5. The second-order valence-corrected chi connectivity index (χ2v) is 7.74. The molecule has 0 aliphatic heterocycles. The van der Waals surface area contributed by atoms with Crippen LogP contribution in [-0.4, -0.2) is 32.3 Å². The van der Waals surface area contributed by atoms with Gasteiger partial charge in [-0.3, -0.25) is 19.1 Å². The highest BCUT2D eigenvalue weighted by Gasteiger charge is 2.23. The van der Waals surface area contributed by atoms with Crippen LogP contribution in [-0.2, 0) is 27.8 Å². The molecule has 4 rings (SSSR count). The molecule has 2 aromatic carbocycles. The molecule has 0 spiro atoms. The molecule has 1 unspecified atom stereocenters. The fourth-order valence-electron chi connectivity index (χ4n) is 3.48. The van der Waals surface area contributed by atoms with E-state index in [-0.39, 0.29) is 17.7 Å². The fraction of sp³-hybridized carbons (Fsp3) is 0.200. The zero-order valence-corrected chi connectivity index (χ0v) is 19.0. The van der Waals surface area contributed by atoms with Crippen LogP contribution in [0.15, 0.2) is 76.1 Å². The Labute approximate surface area is 195 Å². The molecule has 1 amide bonds. The van der Waals surface area contributed by atoms with Crippen molar-refractivity contribution < 1.29 is 18.7 Å². The van der Waals surface area contributed by atoms with Gasteiger partial charge in [0.15, 0.2) is 6.10 Å². The number of oxazole rings is 1. The second kappa shape index (κ2) is 9.62. The highest BCUT2D eigenvalue weighted by atomic mass is 16.5. The van der Waals surface area contributed by atoms with Gasteiger partial charge in [0.25, 0.3) is 11.5 Å². The summed E-state index contributed by atoms with van der Waals surface area (Å²) < 4.78 is 13.8. The number of anilines is 1. The summed E-state index contributed by atoms with van der Waals surface area (Å²) in [6, 6.07) is 18.4. The average Bonchev–Trinajstić information content (AvgIpc) is 3.38. The molecule has 34 heavy (non-hydrogen) atoms. The predicted octanol–water partition coefficient (Wildman–Crippen LogP) is 3.25. The largest absolute Gasteiger partial charge is 0.452 e. The molecular weight excluding hydrogens is 436 g/mol. The van der Waals surface area contributed by atoms with E-state index in [2.05, 4.69) is 10.3 Å². The maximum absolute atomic E-state index is 13.0. The van der Waals surface area contributed by atoms with Crippen molar-refractivity contribution in [3.05, 3.63) is 88.7 Å². The minimum Gasteiger partial charge on any atom is -0.452 e. The summed E-state index contributed by atoms with van der Waals surface area (Å²) in [6.07, 6.45) is 0.115. The Kier molecular flexibility index (Phi) is 6.44. The van der Waals surface area contributed by atoms with Crippen LogP contribution in [0.2, 0.25) is 0 Å². The van der Waals surface area contributed by atoms with Crippen molar-refractivity contribution in [1.82, 2.24) is 14.3 Å². The first-order valence-electron chi connectivity index (χ1n) is 10.7. The van der Waals surface area contributed by atoms with E-state index in [4.69, 9.17) is 9.15 Å². The number of hydrogen-bond donors (Lipinski definition) is 1. The number of nitrogens with one attached hydrogen (secondary N) is 1. The normalized spacial score (nSPS) is 11.7. The third kappa shape index (κ3) is 4.68. The summed E-state index contributed by atoms with van der Waals surface area (Å²) in [5, 5.41) is 2.60. The number of amides is 1. The van der Waals surface area contributed by atoms with E-state index in [0.717, 1.165) is 5.56 Å². The van der Waals surface area contributed by atoms with Crippen molar-refractivity contribution >= 4 is 17.6 Å². The maximum atomic E-state index is 13.0.